The lowest BCUT2D eigenvalue weighted by Gasteiger charge is -2.35. The first-order chi connectivity index (χ1) is 13.7. The standard InChI is InChI=1S/C23H26ClN3O/c1-17-22(26-23(28-17)20-10-2-3-11-21(20)24)16-27-15-7-5-9-19(27)13-12-18-8-4-6-14-25-18/h2-4,6,8,10-11,14,19H,5,7,9,12-13,15-16H2,1H3/t19-/m0/s1. The molecule has 1 aliphatic rings. The van der Waals surface area contributed by atoms with Crippen molar-refractivity contribution in [2.45, 2.75) is 51.6 Å². The van der Waals surface area contributed by atoms with Gasteiger partial charge in [0.25, 0.3) is 0 Å². The molecule has 3 aromatic rings. The fraction of sp³-hybridized carbons (Fsp3) is 0.391. The second-order valence-electron chi connectivity index (χ2n) is 7.48. The summed E-state index contributed by atoms with van der Waals surface area (Å²) in [4.78, 5) is 11.8. The van der Waals surface area contributed by atoms with Crippen LogP contribution in [0, 0.1) is 6.92 Å². The van der Waals surface area contributed by atoms with E-state index in [0.717, 1.165) is 42.9 Å². The maximum Gasteiger partial charge on any atom is 0.228 e. The van der Waals surface area contributed by atoms with Crippen LogP contribution in [0.15, 0.2) is 53.1 Å². The summed E-state index contributed by atoms with van der Waals surface area (Å²) < 4.78 is 5.96. The van der Waals surface area contributed by atoms with Gasteiger partial charge < -0.3 is 4.42 Å². The summed E-state index contributed by atoms with van der Waals surface area (Å²) in [5.41, 5.74) is 3.04. The van der Waals surface area contributed by atoms with Gasteiger partial charge in [0.2, 0.25) is 5.89 Å². The van der Waals surface area contributed by atoms with Gasteiger partial charge in [-0.2, -0.15) is 0 Å². The van der Waals surface area contributed by atoms with Crippen molar-refractivity contribution in [1.29, 1.82) is 0 Å². The van der Waals surface area contributed by atoms with Gasteiger partial charge in [0, 0.05) is 24.5 Å². The Morgan fingerprint density at radius 1 is 1.14 bits per heavy atom. The Labute approximate surface area is 171 Å². The molecule has 0 bridgehead atoms. The monoisotopic (exact) mass is 395 g/mol. The minimum atomic E-state index is 0.565. The molecule has 1 aliphatic heterocycles. The molecular formula is C23H26ClN3O. The van der Waals surface area contributed by atoms with Gasteiger partial charge >= 0.3 is 0 Å². The van der Waals surface area contributed by atoms with Crippen molar-refractivity contribution in [2.24, 2.45) is 0 Å². The number of piperidine rings is 1. The number of likely N-dealkylation sites (tertiary alicyclic amines) is 1. The van der Waals surface area contributed by atoms with Crippen LogP contribution in [0.2, 0.25) is 5.02 Å². The van der Waals surface area contributed by atoms with Gasteiger partial charge in [-0.05, 0) is 63.4 Å². The van der Waals surface area contributed by atoms with E-state index in [9.17, 15) is 0 Å². The number of aromatic nitrogens is 2. The molecule has 0 unspecified atom stereocenters. The van der Waals surface area contributed by atoms with Crippen molar-refractivity contribution in [3.63, 3.8) is 0 Å². The van der Waals surface area contributed by atoms with E-state index >= 15 is 0 Å². The fourth-order valence-corrected chi connectivity index (χ4v) is 4.19. The highest BCUT2D eigenvalue weighted by atomic mass is 35.5. The number of hydrogen-bond donors (Lipinski definition) is 0. The summed E-state index contributed by atoms with van der Waals surface area (Å²) in [7, 11) is 0. The molecule has 1 aromatic carbocycles. The first-order valence-electron chi connectivity index (χ1n) is 10.1. The van der Waals surface area contributed by atoms with Crippen molar-refractivity contribution in [1.82, 2.24) is 14.9 Å². The quantitative estimate of drug-likeness (QED) is 0.538. The highest BCUT2D eigenvalue weighted by molar-refractivity contribution is 6.33. The van der Waals surface area contributed by atoms with Gasteiger partial charge in [0.1, 0.15) is 5.76 Å². The second kappa shape index (κ2) is 8.89. The number of benzene rings is 1. The molecule has 0 saturated carbocycles. The van der Waals surface area contributed by atoms with Gasteiger partial charge in [0.15, 0.2) is 0 Å². The molecule has 5 heteroatoms. The van der Waals surface area contributed by atoms with Gasteiger partial charge in [0.05, 0.1) is 16.3 Å². The lowest BCUT2D eigenvalue weighted by atomic mass is 9.96. The summed E-state index contributed by atoms with van der Waals surface area (Å²) in [6.07, 6.45) is 7.81. The third-order valence-electron chi connectivity index (χ3n) is 5.56. The third kappa shape index (κ3) is 4.45. The van der Waals surface area contributed by atoms with Crippen molar-refractivity contribution >= 4 is 11.6 Å². The first kappa shape index (κ1) is 19.2. The Bertz CT molecular complexity index is 909. The molecule has 0 N–H and O–H groups in total. The zero-order chi connectivity index (χ0) is 19.3. The molecule has 2 aromatic heterocycles. The highest BCUT2D eigenvalue weighted by Crippen LogP contribution is 2.30. The molecule has 3 heterocycles. The zero-order valence-electron chi connectivity index (χ0n) is 16.3. The SMILES string of the molecule is Cc1oc(-c2ccccc2Cl)nc1CN1CCCC[C@H]1CCc1ccccn1. The lowest BCUT2D eigenvalue weighted by molar-refractivity contribution is 0.130. The molecule has 28 heavy (non-hydrogen) atoms. The molecule has 0 spiro atoms. The van der Waals surface area contributed by atoms with E-state index in [-0.39, 0.29) is 0 Å². The van der Waals surface area contributed by atoms with Gasteiger partial charge in [-0.15, -0.1) is 0 Å². The van der Waals surface area contributed by atoms with Crippen LogP contribution in [0.4, 0.5) is 0 Å². The number of rotatable bonds is 6. The summed E-state index contributed by atoms with van der Waals surface area (Å²) in [5.74, 6) is 1.49. The van der Waals surface area contributed by atoms with Crippen LogP contribution in [0.25, 0.3) is 11.5 Å². The molecule has 0 aliphatic carbocycles. The Hall–Kier alpha value is -2.17. The van der Waals surface area contributed by atoms with Crippen molar-refractivity contribution in [3.05, 3.63) is 70.8 Å². The van der Waals surface area contributed by atoms with E-state index in [0.29, 0.717) is 17.0 Å². The summed E-state index contributed by atoms with van der Waals surface area (Å²) >= 11 is 6.32. The van der Waals surface area contributed by atoms with Crippen molar-refractivity contribution in [3.8, 4) is 11.5 Å². The smallest absolute Gasteiger partial charge is 0.228 e. The molecule has 1 saturated heterocycles. The first-order valence-corrected chi connectivity index (χ1v) is 10.4. The minimum Gasteiger partial charge on any atom is -0.441 e. The Balaban J connectivity index is 1.46. The number of nitrogens with zero attached hydrogens (tertiary/aromatic N) is 3. The Morgan fingerprint density at radius 2 is 2.00 bits per heavy atom. The molecule has 0 amide bonds. The van der Waals surface area contributed by atoms with Crippen molar-refractivity contribution < 1.29 is 4.42 Å². The van der Waals surface area contributed by atoms with E-state index in [1.165, 1.54) is 25.0 Å². The molecule has 4 rings (SSSR count). The maximum atomic E-state index is 6.32. The van der Waals surface area contributed by atoms with Gasteiger partial charge in [-0.3, -0.25) is 9.88 Å². The number of halogens is 1. The van der Waals surface area contributed by atoms with Gasteiger partial charge in [-0.1, -0.05) is 36.2 Å². The number of oxazole rings is 1. The van der Waals surface area contributed by atoms with Crippen LogP contribution in [-0.4, -0.2) is 27.5 Å². The summed E-state index contributed by atoms with van der Waals surface area (Å²) in [6.45, 7) is 3.93. The Kier molecular flexibility index (Phi) is 6.08. The molecule has 1 fully saturated rings. The molecule has 1 atom stereocenters. The van der Waals surface area contributed by atoms with Crippen LogP contribution in [-0.2, 0) is 13.0 Å². The Morgan fingerprint density at radius 3 is 2.82 bits per heavy atom. The average molecular weight is 396 g/mol. The normalized spacial score (nSPS) is 17.7. The molecule has 146 valence electrons. The molecular weight excluding hydrogens is 370 g/mol. The molecule has 4 nitrogen and oxygen atoms in total. The zero-order valence-corrected chi connectivity index (χ0v) is 17.0. The van der Waals surface area contributed by atoms with Crippen LogP contribution < -0.4 is 0 Å². The van der Waals surface area contributed by atoms with E-state index in [1.807, 2.05) is 43.5 Å². The van der Waals surface area contributed by atoms with Gasteiger partial charge in [-0.25, -0.2) is 4.98 Å². The van der Waals surface area contributed by atoms with E-state index in [1.54, 1.807) is 0 Å². The number of aryl methyl sites for hydroxylation is 2. The number of pyridine rings is 1. The number of hydrogen-bond acceptors (Lipinski definition) is 4. The second-order valence-corrected chi connectivity index (χ2v) is 7.89. The van der Waals surface area contributed by atoms with Crippen LogP contribution in [0.3, 0.4) is 0 Å². The topological polar surface area (TPSA) is 42.2 Å². The summed E-state index contributed by atoms with van der Waals surface area (Å²) in [5, 5.41) is 0.668. The minimum absolute atomic E-state index is 0.565. The van der Waals surface area contributed by atoms with E-state index < -0.39 is 0 Å². The predicted octanol–water partition coefficient (Wildman–Crippen LogP) is 5.69. The van der Waals surface area contributed by atoms with E-state index in [4.69, 9.17) is 21.0 Å². The maximum absolute atomic E-state index is 6.32. The predicted molar refractivity (Wildman–Crippen MR) is 112 cm³/mol. The largest absolute Gasteiger partial charge is 0.441 e. The molecule has 0 radical (unpaired) electrons. The van der Waals surface area contributed by atoms with Crippen LogP contribution >= 0.6 is 11.6 Å². The lowest BCUT2D eigenvalue weighted by Crippen LogP contribution is -2.39. The fourth-order valence-electron chi connectivity index (χ4n) is 3.97. The van der Waals surface area contributed by atoms with Crippen molar-refractivity contribution in [2.75, 3.05) is 6.54 Å². The third-order valence-corrected chi connectivity index (χ3v) is 5.89. The summed E-state index contributed by atoms with van der Waals surface area (Å²) in [6, 6.07) is 14.4. The van der Waals surface area contributed by atoms with E-state index in [2.05, 4.69) is 22.0 Å². The average Bonchev–Trinajstić information content (AvgIpc) is 3.08. The highest BCUT2D eigenvalue weighted by Gasteiger charge is 2.25. The van der Waals surface area contributed by atoms with Crippen LogP contribution in [0.5, 0.6) is 0 Å². The van der Waals surface area contributed by atoms with Crippen LogP contribution in [0.1, 0.15) is 42.8 Å².